The second-order valence-corrected chi connectivity index (χ2v) is 20.9. The molecular formula is C49H69N3O14Si. The Morgan fingerprint density at radius 3 is 1.37 bits per heavy atom. The van der Waals surface area contributed by atoms with Crippen LogP contribution in [0.4, 0.5) is 5.69 Å². The Balaban J connectivity index is 0.744. The number of amides is 4. The molecule has 5 rings (SSSR count). The Bertz CT molecular complexity index is 1900. The number of benzene rings is 3. The highest BCUT2D eigenvalue weighted by molar-refractivity contribution is 6.99. The molecule has 0 spiro atoms. The molecule has 3 aromatic carbocycles. The maximum atomic E-state index is 13.2. The van der Waals surface area contributed by atoms with E-state index in [-0.39, 0.29) is 29.0 Å². The largest absolute Gasteiger partial charge is 0.405 e. The van der Waals surface area contributed by atoms with Gasteiger partial charge in [-0.25, -0.2) is 0 Å². The molecule has 0 saturated carbocycles. The van der Waals surface area contributed by atoms with Gasteiger partial charge in [0.25, 0.3) is 20.1 Å². The Morgan fingerprint density at radius 1 is 0.537 bits per heavy atom. The molecule has 1 saturated heterocycles. The average Bonchev–Trinajstić information content (AvgIpc) is 3.58. The quantitative estimate of drug-likeness (QED) is 0.0497. The lowest BCUT2D eigenvalue weighted by Crippen LogP contribution is -2.66. The van der Waals surface area contributed by atoms with Crippen LogP contribution in [0.5, 0.6) is 0 Å². The molecule has 3 aromatic rings. The number of ether oxygens (including phenoxy) is 9. The molecule has 2 N–H and O–H groups in total. The van der Waals surface area contributed by atoms with E-state index in [0.717, 1.165) is 4.90 Å². The smallest absolute Gasteiger partial charge is 0.264 e. The number of piperidine rings is 1. The SMILES string of the molecule is CC(C)(C)[Si](OCCOCCOCCOCCOCCOCCOCCOCCOCCOCCNc1cccc2c1C(=O)N(C1CCC(=O)NC1=O)C2=O)(c1ccccc1)c1ccccc1. The van der Waals surface area contributed by atoms with E-state index in [1.807, 2.05) is 12.1 Å². The topological polar surface area (TPSA) is 188 Å². The number of nitrogens with one attached hydrogen (secondary N) is 2. The van der Waals surface area contributed by atoms with Crippen molar-refractivity contribution in [2.45, 2.75) is 44.7 Å². The van der Waals surface area contributed by atoms with E-state index in [4.69, 9.17) is 47.1 Å². The van der Waals surface area contributed by atoms with Crippen molar-refractivity contribution >= 4 is 48.0 Å². The van der Waals surface area contributed by atoms with Crippen LogP contribution in [0.2, 0.25) is 5.04 Å². The van der Waals surface area contributed by atoms with Gasteiger partial charge in [-0.1, -0.05) is 87.5 Å². The summed E-state index contributed by atoms with van der Waals surface area (Å²) in [5, 5.41) is 7.78. The number of fused-ring (bicyclic) bond motifs is 1. The Morgan fingerprint density at radius 2 is 0.955 bits per heavy atom. The van der Waals surface area contributed by atoms with E-state index in [9.17, 15) is 19.2 Å². The summed E-state index contributed by atoms with van der Waals surface area (Å²) in [4.78, 5) is 51.0. The number of hydrogen-bond acceptors (Lipinski definition) is 15. The fraction of sp³-hybridized carbons (Fsp3) is 0.551. The standard InChI is InChI=1S/C49H69N3O14Si/c1-49(2,3)67(39-11-6-4-7-12-39,40-13-8-5-9-14-40)66-38-37-65-36-35-64-34-33-63-32-31-62-30-29-61-28-27-60-26-25-59-24-23-58-22-21-57-20-19-50-42-16-10-15-41-45(42)48(56)52(47(41)55)43-17-18-44(53)51-46(43)54/h4-16,43,50H,17-38H2,1-3H3,(H,51,53,54). The third-order valence-electron chi connectivity index (χ3n) is 11.0. The van der Waals surface area contributed by atoms with E-state index in [1.165, 1.54) is 10.4 Å². The van der Waals surface area contributed by atoms with Crippen molar-refractivity contribution in [3.63, 3.8) is 0 Å². The van der Waals surface area contributed by atoms with E-state index in [1.54, 1.807) is 18.2 Å². The van der Waals surface area contributed by atoms with Gasteiger partial charge in [0.15, 0.2) is 0 Å². The summed E-state index contributed by atoms with van der Waals surface area (Å²) in [6.07, 6.45) is 0.166. The molecule has 17 nitrogen and oxygen atoms in total. The van der Waals surface area contributed by atoms with Crippen molar-refractivity contribution in [2.75, 3.05) is 137 Å². The second-order valence-electron chi connectivity index (χ2n) is 16.6. The lowest BCUT2D eigenvalue weighted by atomic mass is 10.0. The van der Waals surface area contributed by atoms with Gasteiger partial charge in [0.05, 0.1) is 137 Å². The normalized spacial score (nSPS) is 15.3. The van der Waals surface area contributed by atoms with Crippen molar-refractivity contribution in [3.8, 4) is 0 Å². The van der Waals surface area contributed by atoms with Gasteiger partial charge in [0, 0.05) is 18.7 Å². The molecular weight excluding hydrogens is 883 g/mol. The van der Waals surface area contributed by atoms with E-state index in [2.05, 4.69) is 79.9 Å². The molecule has 0 radical (unpaired) electrons. The van der Waals surface area contributed by atoms with Gasteiger partial charge in [0.1, 0.15) is 6.04 Å². The van der Waals surface area contributed by atoms with Crippen molar-refractivity contribution in [1.82, 2.24) is 10.2 Å². The van der Waals surface area contributed by atoms with Gasteiger partial charge in [-0.15, -0.1) is 0 Å². The number of nitrogens with zero attached hydrogens (tertiary/aromatic N) is 1. The molecule has 0 aromatic heterocycles. The summed E-state index contributed by atoms with van der Waals surface area (Å²) in [7, 11) is -2.56. The zero-order chi connectivity index (χ0) is 47.6. The first-order valence-electron chi connectivity index (χ1n) is 23.2. The van der Waals surface area contributed by atoms with Crippen LogP contribution in [0, 0.1) is 0 Å². The average molecular weight is 952 g/mol. The van der Waals surface area contributed by atoms with Crippen LogP contribution in [-0.2, 0) is 56.6 Å². The molecule has 1 unspecified atom stereocenters. The first-order chi connectivity index (χ1) is 32.6. The van der Waals surface area contributed by atoms with E-state index in [0.29, 0.717) is 138 Å². The van der Waals surface area contributed by atoms with Gasteiger partial charge in [0.2, 0.25) is 11.8 Å². The van der Waals surface area contributed by atoms with Crippen LogP contribution in [-0.4, -0.2) is 175 Å². The van der Waals surface area contributed by atoms with Gasteiger partial charge >= 0.3 is 0 Å². The molecule has 0 aliphatic carbocycles. The number of rotatable bonds is 35. The Hall–Kier alpha value is -4.44. The predicted octanol–water partition coefficient (Wildman–Crippen LogP) is 3.23. The predicted molar refractivity (Wildman–Crippen MR) is 253 cm³/mol. The molecule has 368 valence electrons. The van der Waals surface area contributed by atoms with Crippen LogP contribution >= 0.6 is 0 Å². The zero-order valence-electron chi connectivity index (χ0n) is 39.3. The molecule has 1 atom stereocenters. The lowest BCUT2D eigenvalue weighted by Gasteiger charge is -2.43. The van der Waals surface area contributed by atoms with Crippen LogP contribution in [0.1, 0.15) is 54.3 Å². The summed E-state index contributed by atoms with van der Waals surface area (Å²) in [6.45, 7) is 15.7. The van der Waals surface area contributed by atoms with Crippen LogP contribution in [0.15, 0.2) is 78.9 Å². The third-order valence-corrected chi connectivity index (χ3v) is 16.0. The first-order valence-corrected chi connectivity index (χ1v) is 25.1. The number of imide groups is 2. The minimum Gasteiger partial charge on any atom is -0.405 e. The van der Waals surface area contributed by atoms with Gasteiger partial charge in [-0.3, -0.25) is 29.4 Å². The van der Waals surface area contributed by atoms with Crippen molar-refractivity contribution in [3.05, 3.63) is 90.0 Å². The van der Waals surface area contributed by atoms with Crippen LogP contribution in [0.25, 0.3) is 0 Å². The molecule has 18 heteroatoms. The summed E-state index contributed by atoms with van der Waals surface area (Å²) in [5.41, 5.74) is 0.905. The molecule has 1 fully saturated rings. The minimum absolute atomic E-state index is 0.0639. The summed E-state index contributed by atoms with van der Waals surface area (Å²) < 4.78 is 57.3. The second kappa shape index (κ2) is 29.4. The molecule has 4 amide bonds. The molecule has 0 bridgehead atoms. The maximum absolute atomic E-state index is 13.2. The lowest BCUT2D eigenvalue weighted by molar-refractivity contribution is -0.136. The highest BCUT2D eigenvalue weighted by Gasteiger charge is 2.50. The zero-order valence-corrected chi connectivity index (χ0v) is 40.3. The van der Waals surface area contributed by atoms with Gasteiger partial charge < -0.3 is 52.4 Å². The number of carbonyl (C=O) groups excluding carboxylic acids is 4. The van der Waals surface area contributed by atoms with E-state index < -0.39 is 38.0 Å². The Labute approximate surface area is 395 Å². The fourth-order valence-electron chi connectivity index (χ4n) is 7.80. The summed E-state index contributed by atoms with van der Waals surface area (Å²) >= 11 is 0. The number of carbonyl (C=O) groups is 4. The van der Waals surface area contributed by atoms with Crippen LogP contribution < -0.4 is 21.0 Å². The van der Waals surface area contributed by atoms with Crippen molar-refractivity contribution in [1.29, 1.82) is 0 Å². The highest BCUT2D eigenvalue weighted by Crippen LogP contribution is 2.37. The molecule has 67 heavy (non-hydrogen) atoms. The van der Waals surface area contributed by atoms with Gasteiger partial charge in [-0.05, 0) is 34.0 Å². The van der Waals surface area contributed by atoms with Crippen LogP contribution in [0.3, 0.4) is 0 Å². The first kappa shape index (κ1) is 53.5. The molecule has 2 aliphatic heterocycles. The van der Waals surface area contributed by atoms with Gasteiger partial charge in [-0.2, -0.15) is 0 Å². The monoisotopic (exact) mass is 951 g/mol. The highest BCUT2D eigenvalue weighted by atomic mass is 28.4. The number of anilines is 1. The summed E-state index contributed by atoms with van der Waals surface area (Å²) in [5.74, 6) is -2.17. The van der Waals surface area contributed by atoms with Crippen molar-refractivity contribution in [2.24, 2.45) is 0 Å². The third kappa shape index (κ3) is 16.6. The van der Waals surface area contributed by atoms with E-state index >= 15 is 0 Å². The fourth-order valence-corrected chi connectivity index (χ4v) is 12.3. The molecule has 2 heterocycles. The maximum Gasteiger partial charge on any atom is 0.264 e. The summed E-state index contributed by atoms with van der Waals surface area (Å²) in [6, 6.07) is 25.1. The minimum atomic E-state index is -2.56. The molecule has 2 aliphatic rings. The Kier molecular flexibility index (Phi) is 23.5. The number of hydrogen-bond donors (Lipinski definition) is 2. The van der Waals surface area contributed by atoms with Crippen molar-refractivity contribution < 1.29 is 66.2 Å².